The number of primary amides is 1. The molecule has 0 aromatic carbocycles. The van der Waals surface area contributed by atoms with Crippen LogP contribution in [-0.2, 0) is 0 Å². The van der Waals surface area contributed by atoms with Gasteiger partial charge >= 0.3 is 6.03 Å². The van der Waals surface area contributed by atoms with E-state index in [0.717, 1.165) is 0 Å². The molecule has 0 atom stereocenters. The molecule has 34 valence electrons. The minimum Gasteiger partial charge on any atom is -0.350 e. The summed E-state index contributed by atoms with van der Waals surface area (Å²) in [6.07, 6.45) is 0. The van der Waals surface area contributed by atoms with Gasteiger partial charge in [0.15, 0.2) is 0 Å². The minimum atomic E-state index is -0.940. The van der Waals surface area contributed by atoms with Crippen LogP contribution in [0, 0.1) is 0 Å². The molecule has 0 saturated carbocycles. The zero-order valence-electron chi connectivity index (χ0n) is 2.93. The van der Waals surface area contributed by atoms with Gasteiger partial charge in [-0.15, -0.1) is 0 Å². The molecule has 4 nitrogen and oxygen atoms in total. The van der Waals surface area contributed by atoms with E-state index in [1.54, 1.807) is 0 Å². The third-order valence-electron chi connectivity index (χ3n) is 0.110. The SMILES string of the molecule is NC(=O)NO.[Pb]. The van der Waals surface area contributed by atoms with E-state index in [-0.39, 0.29) is 27.3 Å². The summed E-state index contributed by atoms with van der Waals surface area (Å²) in [7, 11) is 0. The van der Waals surface area contributed by atoms with Crippen molar-refractivity contribution in [2.45, 2.75) is 0 Å². The molecule has 4 radical (unpaired) electrons. The van der Waals surface area contributed by atoms with Gasteiger partial charge in [-0.3, -0.25) is 5.21 Å². The largest absolute Gasteiger partial charge is 0.350 e. The third kappa shape index (κ3) is 8.91. The number of rotatable bonds is 0. The van der Waals surface area contributed by atoms with Gasteiger partial charge in [0, 0.05) is 27.3 Å². The fourth-order valence-electron chi connectivity index (χ4n) is 0. The van der Waals surface area contributed by atoms with Gasteiger partial charge in [0.1, 0.15) is 0 Å². The second-order valence-corrected chi connectivity index (χ2v) is 0.476. The van der Waals surface area contributed by atoms with Crippen molar-refractivity contribution in [2.75, 3.05) is 0 Å². The first-order chi connectivity index (χ1) is 2.27. The molecular weight excluding hydrogens is 279 g/mol. The molecule has 0 fully saturated rings. The van der Waals surface area contributed by atoms with Crippen LogP contribution in [-0.4, -0.2) is 38.5 Å². The number of carbonyl (C=O) groups is 1. The molecule has 0 saturated heterocycles. The van der Waals surface area contributed by atoms with Crippen molar-refractivity contribution in [3.05, 3.63) is 0 Å². The van der Waals surface area contributed by atoms with Gasteiger partial charge in [-0.05, 0) is 0 Å². The Morgan fingerprint density at radius 3 is 2.00 bits per heavy atom. The van der Waals surface area contributed by atoms with Crippen molar-refractivity contribution in [3.8, 4) is 0 Å². The van der Waals surface area contributed by atoms with E-state index < -0.39 is 6.03 Å². The fraction of sp³-hybridized carbons (Fsp3) is 0. The number of amides is 2. The molecule has 0 heterocycles. The predicted octanol–water partition coefficient (Wildman–Crippen LogP) is -1.34. The van der Waals surface area contributed by atoms with Gasteiger partial charge < -0.3 is 5.73 Å². The Morgan fingerprint density at radius 2 is 2.00 bits per heavy atom. The number of hydrogen-bond donors (Lipinski definition) is 3. The Morgan fingerprint density at radius 1 is 1.83 bits per heavy atom. The maximum atomic E-state index is 9.23. The van der Waals surface area contributed by atoms with Crippen LogP contribution in [0.5, 0.6) is 0 Å². The van der Waals surface area contributed by atoms with Crippen LogP contribution in [0.15, 0.2) is 0 Å². The van der Waals surface area contributed by atoms with Crippen LogP contribution in [0.2, 0.25) is 0 Å². The van der Waals surface area contributed by atoms with Gasteiger partial charge in [0.05, 0.1) is 0 Å². The molecule has 5 heteroatoms. The van der Waals surface area contributed by atoms with Crippen LogP contribution in [0.4, 0.5) is 4.79 Å². The van der Waals surface area contributed by atoms with E-state index in [1.807, 2.05) is 0 Å². The van der Waals surface area contributed by atoms with Crippen LogP contribution >= 0.6 is 0 Å². The van der Waals surface area contributed by atoms with Crippen LogP contribution in [0.3, 0.4) is 0 Å². The van der Waals surface area contributed by atoms with Crippen molar-refractivity contribution >= 4 is 33.3 Å². The number of urea groups is 1. The summed E-state index contributed by atoms with van der Waals surface area (Å²) >= 11 is 0. The van der Waals surface area contributed by atoms with Gasteiger partial charge in [0.25, 0.3) is 0 Å². The summed E-state index contributed by atoms with van der Waals surface area (Å²) in [5.41, 5.74) is 5.46. The Balaban J connectivity index is 0. The standard InChI is InChI=1S/CH4N2O2.Pb/c2-1(4)3-5;/h5H,(H3,2,3,4);. The second kappa shape index (κ2) is 5.15. The molecular formula is CH4N2O2Pb. The number of nitrogens with two attached hydrogens (primary N) is 1. The first-order valence-corrected chi connectivity index (χ1v) is 0.966. The molecule has 0 aliphatic carbocycles. The van der Waals surface area contributed by atoms with E-state index in [2.05, 4.69) is 5.73 Å². The van der Waals surface area contributed by atoms with Crippen LogP contribution in [0.1, 0.15) is 0 Å². The smallest absolute Gasteiger partial charge is 0.335 e. The average Bonchev–Trinajstić information content (AvgIpc) is 1.38. The first-order valence-electron chi connectivity index (χ1n) is 0.966. The molecule has 0 aliphatic heterocycles. The summed E-state index contributed by atoms with van der Waals surface area (Å²) in [6.45, 7) is 0. The monoisotopic (exact) mass is 284 g/mol. The topological polar surface area (TPSA) is 75.4 Å². The summed E-state index contributed by atoms with van der Waals surface area (Å²) in [5, 5.41) is 7.42. The predicted molar refractivity (Wildman–Crippen MR) is 20.3 cm³/mol. The maximum absolute atomic E-state index is 9.23. The zero-order valence-corrected chi connectivity index (χ0v) is 6.82. The van der Waals surface area contributed by atoms with Crippen molar-refractivity contribution in [3.63, 3.8) is 0 Å². The van der Waals surface area contributed by atoms with Crippen LogP contribution in [0.25, 0.3) is 0 Å². The first kappa shape index (κ1) is 9.47. The summed E-state index contributed by atoms with van der Waals surface area (Å²) in [4.78, 5) is 9.23. The van der Waals surface area contributed by atoms with E-state index in [1.165, 1.54) is 5.48 Å². The average molecular weight is 283 g/mol. The number of nitrogens with one attached hydrogen (secondary N) is 1. The van der Waals surface area contributed by atoms with Gasteiger partial charge in [-0.25, -0.2) is 10.3 Å². The number of hydrogen-bond acceptors (Lipinski definition) is 2. The quantitative estimate of drug-likeness (QED) is 0.292. The van der Waals surface area contributed by atoms with Gasteiger partial charge in [-0.1, -0.05) is 0 Å². The van der Waals surface area contributed by atoms with E-state index in [0.29, 0.717) is 0 Å². The Hall–Kier alpha value is 0.152. The summed E-state index contributed by atoms with van der Waals surface area (Å²) in [6, 6.07) is -0.940. The molecule has 0 aliphatic rings. The molecule has 4 N–H and O–H groups in total. The Bertz CT molecular complexity index is 46.8. The van der Waals surface area contributed by atoms with Crippen molar-refractivity contribution in [1.82, 2.24) is 5.48 Å². The molecule has 0 aromatic heterocycles. The zero-order chi connectivity index (χ0) is 4.28. The van der Waals surface area contributed by atoms with Crippen molar-refractivity contribution in [1.29, 1.82) is 0 Å². The van der Waals surface area contributed by atoms with Crippen LogP contribution < -0.4 is 11.2 Å². The Kier molecular flexibility index (Phi) is 8.13. The van der Waals surface area contributed by atoms with E-state index >= 15 is 0 Å². The van der Waals surface area contributed by atoms with Gasteiger partial charge in [0.2, 0.25) is 0 Å². The molecule has 0 aromatic rings. The van der Waals surface area contributed by atoms with Crippen molar-refractivity contribution < 1.29 is 10.0 Å². The second-order valence-electron chi connectivity index (χ2n) is 0.476. The summed E-state index contributed by atoms with van der Waals surface area (Å²) < 4.78 is 0. The third-order valence-corrected chi connectivity index (χ3v) is 0.110. The Labute approximate surface area is 54.8 Å². The molecule has 0 spiro atoms. The summed E-state index contributed by atoms with van der Waals surface area (Å²) in [5.74, 6) is 0. The number of hydroxylamine groups is 1. The fourth-order valence-corrected chi connectivity index (χ4v) is 0. The molecule has 6 heavy (non-hydrogen) atoms. The van der Waals surface area contributed by atoms with Crippen molar-refractivity contribution in [2.24, 2.45) is 5.73 Å². The molecule has 0 bridgehead atoms. The van der Waals surface area contributed by atoms with E-state index in [4.69, 9.17) is 5.21 Å². The maximum Gasteiger partial charge on any atom is 0.335 e. The molecule has 2 amide bonds. The molecule has 0 rings (SSSR count). The molecule has 0 unspecified atom stereocenters. The number of carbonyl (C=O) groups excluding carboxylic acids is 1. The normalized spacial score (nSPS) is 5.50. The van der Waals surface area contributed by atoms with Gasteiger partial charge in [-0.2, -0.15) is 0 Å². The minimum absolute atomic E-state index is 0. The van der Waals surface area contributed by atoms with E-state index in [9.17, 15) is 4.79 Å².